The molecule has 2 aromatic carbocycles. The fourth-order valence-corrected chi connectivity index (χ4v) is 3.03. The predicted octanol–water partition coefficient (Wildman–Crippen LogP) is 3.73. The average molecular weight is 350 g/mol. The molecule has 3 rings (SSSR count). The van der Waals surface area contributed by atoms with Gasteiger partial charge in [0.1, 0.15) is 11.3 Å². The van der Waals surface area contributed by atoms with Gasteiger partial charge in [0.2, 0.25) is 0 Å². The molecule has 0 spiro atoms. The zero-order valence-electron chi connectivity index (χ0n) is 15.2. The summed E-state index contributed by atoms with van der Waals surface area (Å²) in [6.45, 7) is 2.03. The molecule has 0 aliphatic heterocycles. The number of carbonyl (C=O) groups is 1. The third kappa shape index (κ3) is 3.61. The Labute approximate surface area is 152 Å². The molecule has 0 fully saturated rings. The molecule has 0 atom stereocenters. The number of nitrogens with zero attached hydrogens (tertiary/aromatic N) is 2. The van der Waals surface area contributed by atoms with E-state index in [1.165, 1.54) is 7.11 Å². The van der Waals surface area contributed by atoms with Crippen LogP contribution in [0.15, 0.2) is 48.7 Å². The molecule has 5 heteroatoms. The van der Waals surface area contributed by atoms with Gasteiger partial charge in [0, 0.05) is 18.8 Å². The minimum atomic E-state index is -0.531. The summed E-state index contributed by atoms with van der Waals surface area (Å²) in [5.41, 5.74) is 5.35. The minimum absolute atomic E-state index is 0.0389. The van der Waals surface area contributed by atoms with E-state index in [1.54, 1.807) is 16.8 Å². The summed E-state index contributed by atoms with van der Waals surface area (Å²) in [7, 11) is 3.21. The second kappa shape index (κ2) is 7.44. The topological polar surface area (TPSA) is 64.3 Å². The number of aromatic hydroxyl groups is 1. The lowest BCUT2D eigenvalue weighted by molar-refractivity contribution is 0.0597. The van der Waals surface area contributed by atoms with Crippen LogP contribution in [0.5, 0.6) is 5.75 Å². The van der Waals surface area contributed by atoms with Gasteiger partial charge < -0.3 is 9.84 Å². The van der Waals surface area contributed by atoms with Gasteiger partial charge in [-0.3, -0.25) is 4.68 Å². The van der Waals surface area contributed by atoms with Crippen LogP contribution in [0.2, 0.25) is 0 Å². The second-order valence-electron chi connectivity index (χ2n) is 6.23. The Balaban J connectivity index is 1.89. The lowest BCUT2D eigenvalue weighted by atomic mass is 9.95. The van der Waals surface area contributed by atoms with E-state index in [9.17, 15) is 9.90 Å². The van der Waals surface area contributed by atoms with Gasteiger partial charge in [-0.15, -0.1) is 0 Å². The molecule has 0 radical (unpaired) electrons. The first kappa shape index (κ1) is 17.7. The van der Waals surface area contributed by atoms with Crippen LogP contribution in [0, 0.1) is 0 Å². The van der Waals surface area contributed by atoms with E-state index in [0.29, 0.717) is 6.42 Å². The van der Waals surface area contributed by atoms with Gasteiger partial charge in [0.25, 0.3) is 0 Å². The molecule has 0 amide bonds. The Bertz CT molecular complexity index is 927. The van der Waals surface area contributed by atoms with Crippen molar-refractivity contribution in [1.82, 2.24) is 9.78 Å². The number of rotatable bonds is 5. The zero-order chi connectivity index (χ0) is 18.7. The second-order valence-corrected chi connectivity index (χ2v) is 6.23. The van der Waals surface area contributed by atoms with Crippen molar-refractivity contribution >= 4 is 5.97 Å². The number of aryl methyl sites for hydroxylation is 2. The number of ether oxygens (including phenoxy) is 1. The van der Waals surface area contributed by atoms with Crippen molar-refractivity contribution in [3.8, 4) is 17.0 Å². The van der Waals surface area contributed by atoms with Gasteiger partial charge in [0.05, 0.1) is 12.8 Å². The van der Waals surface area contributed by atoms with Crippen molar-refractivity contribution in [2.75, 3.05) is 7.11 Å². The molecule has 0 bridgehead atoms. The van der Waals surface area contributed by atoms with Gasteiger partial charge >= 0.3 is 5.97 Å². The number of carbonyl (C=O) groups excluding carboxylic acids is 1. The molecule has 1 N–H and O–H groups in total. The lowest BCUT2D eigenvalue weighted by Crippen LogP contribution is -2.05. The van der Waals surface area contributed by atoms with E-state index < -0.39 is 5.97 Å². The Morgan fingerprint density at radius 3 is 2.46 bits per heavy atom. The summed E-state index contributed by atoms with van der Waals surface area (Å²) in [4.78, 5) is 11.9. The van der Waals surface area contributed by atoms with Gasteiger partial charge in [-0.05, 0) is 47.7 Å². The summed E-state index contributed by atoms with van der Waals surface area (Å²) >= 11 is 0. The predicted molar refractivity (Wildman–Crippen MR) is 100 cm³/mol. The molecule has 5 nitrogen and oxygen atoms in total. The van der Waals surface area contributed by atoms with Crippen molar-refractivity contribution in [3.63, 3.8) is 0 Å². The molecular formula is C21H22N2O3. The fraction of sp³-hybridized carbons (Fsp3) is 0.238. The molecular weight excluding hydrogens is 328 g/mol. The van der Waals surface area contributed by atoms with E-state index in [2.05, 4.69) is 17.2 Å². The molecule has 0 aliphatic rings. The van der Waals surface area contributed by atoms with Gasteiger partial charge in [-0.2, -0.15) is 5.10 Å². The molecule has 0 saturated heterocycles. The highest BCUT2D eigenvalue weighted by atomic mass is 16.5. The standard InChI is InChI=1S/C21H22N2O3/c1-4-15-13-20(24)18(21(25)26-3)12-17(15)11-14-5-7-16(8-6-14)19-9-10-23(2)22-19/h5-10,12-13,24H,4,11H2,1-3H3. The Morgan fingerprint density at radius 2 is 1.88 bits per heavy atom. The number of benzene rings is 2. The number of phenols is 1. The smallest absolute Gasteiger partial charge is 0.341 e. The van der Waals surface area contributed by atoms with Crippen LogP contribution >= 0.6 is 0 Å². The Morgan fingerprint density at radius 1 is 1.15 bits per heavy atom. The van der Waals surface area contributed by atoms with Crippen molar-refractivity contribution in [2.45, 2.75) is 19.8 Å². The number of esters is 1. The largest absolute Gasteiger partial charge is 0.507 e. The van der Waals surface area contributed by atoms with Crippen LogP contribution < -0.4 is 0 Å². The fourth-order valence-electron chi connectivity index (χ4n) is 3.03. The maximum atomic E-state index is 11.9. The highest BCUT2D eigenvalue weighted by molar-refractivity contribution is 5.92. The first-order valence-corrected chi connectivity index (χ1v) is 8.53. The summed E-state index contributed by atoms with van der Waals surface area (Å²) in [5.74, 6) is -0.570. The number of hydrogen-bond acceptors (Lipinski definition) is 4. The van der Waals surface area contributed by atoms with Crippen LogP contribution in [-0.4, -0.2) is 28.0 Å². The molecule has 3 aromatic rings. The molecule has 1 heterocycles. The van der Waals surface area contributed by atoms with E-state index >= 15 is 0 Å². The first-order valence-electron chi connectivity index (χ1n) is 8.53. The van der Waals surface area contributed by atoms with Crippen LogP contribution in [0.25, 0.3) is 11.3 Å². The van der Waals surface area contributed by atoms with E-state index in [0.717, 1.165) is 34.4 Å². The Kier molecular flexibility index (Phi) is 5.07. The number of phenolic OH excluding ortho intramolecular Hbond substituents is 1. The van der Waals surface area contributed by atoms with Gasteiger partial charge in [-0.1, -0.05) is 31.2 Å². The van der Waals surface area contributed by atoms with Crippen LogP contribution in [0.3, 0.4) is 0 Å². The molecule has 134 valence electrons. The Hall–Kier alpha value is -3.08. The molecule has 0 aliphatic carbocycles. The molecule has 26 heavy (non-hydrogen) atoms. The summed E-state index contributed by atoms with van der Waals surface area (Å²) < 4.78 is 6.53. The minimum Gasteiger partial charge on any atom is -0.507 e. The maximum Gasteiger partial charge on any atom is 0.341 e. The third-order valence-electron chi connectivity index (χ3n) is 4.46. The highest BCUT2D eigenvalue weighted by Crippen LogP contribution is 2.26. The normalized spacial score (nSPS) is 10.7. The van der Waals surface area contributed by atoms with Gasteiger partial charge in [0.15, 0.2) is 0 Å². The summed E-state index contributed by atoms with van der Waals surface area (Å²) in [6.07, 6.45) is 3.37. The molecule has 1 aromatic heterocycles. The van der Waals surface area contributed by atoms with Crippen LogP contribution in [-0.2, 0) is 24.6 Å². The van der Waals surface area contributed by atoms with Crippen molar-refractivity contribution in [2.24, 2.45) is 7.05 Å². The lowest BCUT2D eigenvalue weighted by Gasteiger charge is -2.12. The van der Waals surface area contributed by atoms with E-state index in [-0.39, 0.29) is 11.3 Å². The monoisotopic (exact) mass is 350 g/mol. The van der Waals surface area contributed by atoms with Crippen LogP contribution in [0.4, 0.5) is 0 Å². The average Bonchev–Trinajstić information content (AvgIpc) is 3.09. The quantitative estimate of drug-likeness (QED) is 0.712. The zero-order valence-corrected chi connectivity index (χ0v) is 15.2. The number of aromatic nitrogens is 2. The SMILES string of the molecule is CCc1cc(O)c(C(=O)OC)cc1Cc1ccc(-c2ccn(C)n2)cc1. The van der Waals surface area contributed by atoms with E-state index in [1.807, 2.05) is 38.4 Å². The highest BCUT2D eigenvalue weighted by Gasteiger charge is 2.15. The van der Waals surface area contributed by atoms with Crippen molar-refractivity contribution in [1.29, 1.82) is 0 Å². The molecule has 0 saturated carbocycles. The van der Waals surface area contributed by atoms with Crippen LogP contribution in [0.1, 0.15) is 34.0 Å². The number of methoxy groups -OCH3 is 1. The first-order chi connectivity index (χ1) is 12.5. The molecule has 0 unspecified atom stereocenters. The van der Waals surface area contributed by atoms with Crippen molar-refractivity contribution < 1.29 is 14.6 Å². The van der Waals surface area contributed by atoms with Gasteiger partial charge in [-0.25, -0.2) is 4.79 Å². The number of hydrogen-bond donors (Lipinski definition) is 1. The maximum absolute atomic E-state index is 11.9. The van der Waals surface area contributed by atoms with Crippen molar-refractivity contribution in [3.05, 3.63) is 70.9 Å². The third-order valence-corrected chi connectivity index (χ3v) is 4.46. The summed E-state index contributed by atoms with van der Waals surface area (Å²) in [5, 5.41) is 14.5. The van der Waals surface area contributed by atoms with E-state index in [4.69, 9.17) is 4.74 Å². The summed E-state index contributed by atoms with van der Waals surface area (Å²) in [6, 6.07) is 13.6.